The molecular formula is C17H24O3. The Hall–Kier alpha value is -0.900. The molecule has 2 fully saturated rings. The minimum atomic E-state index is -0.392. The van der Waals surface area contributed by atoms with E-state index >= 15 is 0 Å². The highest BCUT2D eigenvalue weighted by molar-refractivity contribution is 5.32. The molecule has 0 aromatic heterocycles. The van der Waals surface area contributed by atoms with Crippen molar-refractivity contribution in [2.75, 3.05) is 19.8 Å². The second kappa shape index (κ2) is 5.47. The van der Waals surface area contributed by atoms with Gasteiger partial charge in [-0.25, -0.2) is 0 Å². The van der Waals surface area contributed by atoms with Crippen LogP contribution in [0.4, 0.5) is 0 Å². The third-order valence-corrected chi connectivity index (χ3v) is 4.80. The van der Waals surface area contributed by atoms with Crippen LogP contribution in [0.5, 0.6) is 0 Å². The smallest absolute Gasteiger partial charge is 0.0940 e. The van der Waals surface area contributed by atoms with Crippen molar-refractivity contribution in [2.45, 2.75) is 44.8 Å². The number of hydrogen-bond donors (Lipinski definition) is 1. The van der Waals surface area contributed by atoms with Gasteiger partial charge in [0, 0.05) is 19.6 Å². The summed E-state index contributed by atoms with van der Waals surface area (Å²) >= 11 is 0. The summed E-state index contributed by atoms with van der Waals surface area (Å²) < 4.78 is 11.5. The van der Waals surface area contributed by atoms with Crippen LogP contribution in [-0.2, 0) is 9.47 Å². The molecule has 0 bridgehead atoms. The first-order valence-corrected chi connectivity index (χ1v) is 7.57. The van der Waals surface area contributed by atoms with Crippen LogP contribution in [0.3, 0.4) is 0 Å². The molecule has 1 aromatic carbocycles. The van der Waals surface area contributed by atoms with Crippen LogP contribution in [0.25, 0.3) is 0 Å². The third-order valence-electron chi connectivity index (χ3n) is 4.80. The van der Waals surface area contributed by atoms with Crippen LogP contribution < -0.4 is 0 Å². The molecule has 2 saturated heterocycles. The standard InChI is InChI=1S/C17H24O3/c1-12-3-4-13(2)15(9-12)16(18)14-5-7-20-17(10-14)6-8-19-11-17/h3-4,9,14,16,18H,5-8,10-11H2,1-2H3. The lowest BCUT2D eigenvalue weighted by molar-refractivity contribution is -0.117. The second-order valence-electron chi connectivity index (χ2n) is 6.39. The molecule has 0 radical (unpaired) electrons. The molecule has 3 unspecified atom stereocenters. The Morgan fingerprint density at radius 2 is 2.15 bits per heavy atom. The van der Waals surface area contributed by atoms with Gasteiger partial charge in [-0.3, -0.25) is 0 Å². The molecule has 1 aromatic rings. The number of ether oxygens (including phenoxy) is 2. The highest BCUT2D eigenvalue weighted by Crippen LogP contribution is 2.41. The van der Waals surface area contributed by atoms with Gasteiger partial charge in [0.2, 0.25) is 0 Å². The summed E-state index contributed by atoms with van der Waals surface area (Å²) in [6, 6.07) is 6.32. The van der Waals surface area contributed by atoms with E-state index in [-0.39, 0.29) is 11.5 Å². The maximum absolute atomic E-state index is 10.8. The van der Waals surface area contributed by atoms with E-state index in [1.54, 1.807) is 0 Å². The number of rotatable bonds is 2. The van der Waals surface area contributed by atoms with Gasteiger partial charge < -0.3 is 14.6 Å². The minimum Gasteiger partial charge on any atom is -0.388 e. The van der Waals surface area contributed by atoms with Gasteiger partial charge in [0.25, 0.3) is 0 Å². The fourth-order valence-electron chi connectivity index (χ4n) is 3.53. The molecule has 2 heterocycles. The lowest BCUT2D eigenvalue weighted by Crippen LogP contribution is -2.42. The van der Waals surface area contributed by atoms with E-state index in [0.717, 1.165) is 38.0 Å². The van der Waals surface area contributed by atoms with Crippen LogP contribution >= 0.6 is 0 Å². The Balaban J connectivity index is 1.79. The van der Waals surface area contributed by atoms with E-state index in [1.807, 2.05) is 0 Å². The highest BCUT2D eigenvalue weighted by atomic mass is 16.6. The Bertz CT molecular complexity index is 477. The summed E-state index contributed by atoms with van der Waals surface area (Å²) in [5, 5.41) is 10.8. The van der Waals surface area contributed by atoms with Gasteiger partial charge in [0.05, 0.1) is 18.3 Å². The molecule has 1 N–H and O–H groups in total. The molecule has 3 rings (SSSR count). The van der Waals surface area contributed by atoms with Crippen LogP contribution in [0.2, 0.25) is 0 Å². The zero-order chi connectivity index (χ0) is 14.2. The Morgan fingerprint density at radius 3 is 2.90 bits per heavy atom. The van der Waals surface area contributed by atoms with Crippen molar-refractivity contribution in [3.8, 4) is 0 Å². The van der Waals surface area contributed by atoms with Crippen LogP contribution in [0, 0.1) is 19.8 Å². The molecule has 3 atom stereocenters. The van der Waals surface area contributed by atoms with Gasteiger partial charge in [0.1, 0.15) is 0 Å². The summed E-state index contributed by atoms with van der Waals surface area (Å²) in [6.45, 7) is 6.35. The number of aliphatic hydroxyl groups excluding tert-OH is 1. The summed E-state index contributed by atoms with van der Waals surface area (Å²) in [5.74, 6) is 0.269. The summed E-state index contributed by atoms with van der Waals surface area (Å²) in [7, 11) is 0. The Kier molecular flexibility index (Phi) is 3.85. The van der Waals surface area contributed by atoms with Gasteiger partial charge in [-0.1, -0.05) is 23.8 Å². The van der Waals surface area contributed by atoms with Crippen molar-refractivity contribution in [1.29, 1.82) is 0 Å². The number of aryl methyl sites for hydroxylation is 2. The third kappa shape index (κ3) is 2.62. The molecule has 0 amide bonds. The van der Waals surface area contributed by atoms with Crippen molar-refractivity contribution in [2.24, 2.45) is 5.92 Å². The van der Waals surface area contributed by atoms with E-state index < -0.39 is 6.10 Å². The largest absolute Gasteiger partial charge is 0.388 e. The molecule has 0 saturated carbocycles. The van der Waals surface area contributed by atoms with Crippen molar-refractivity contribution in [1.82, 2.24) is 0 Å². The van der Waals surface area contributed by atoms with Crippen LogP contribution in [0.1, 0.15) is 42.1 Å². The number of benzene rings is 1. The first kappa shape index (κ1) is 14.1. The first-order valence-electron chi connectivity index (χ1n) is 7.57. The van der Waals surface area contributed by atoms with Crippen molar-refractivity contribution < 1.29 is 14.6 Å². The lowest BCUT2D eigenvalue weighted by atomic mass is 9.79. The van der Waals surface area contributed by atoms with Crippen molar-refractivity contribution >= 4 is 0 Å². The van der Waals surface area contributed by atoms with Gasteiger partial charge in [-0.2, -0.15) is 0 Å². The van der Waals surface area contributed by atoms with Crippen molar-refractivity contribution in [3.63, 3.8) is 0 Å². The monoisotopic (exact) mass is 276 g/mol. The maximum Gasteiger partial charge on any atom is 0.0940 e. The first-order chi connectivity index (χ1) is 9.60. The van der Waals surface area contributed by atoms with E-state index in [2.05, 4.69) is 32.0 Å². The molecule has 2 aliphatic rings. The number of aliphatic hydroxyl groups is 1. The zero-order valence-corrected chi connectivity index (χ0v) is 12.4. The van der Waals surface area contributed by atoms with Crippen LogP contribution in [-0.4, -0.2) is 30.5 Å². The average Bonchev–Trinajstić information content (AvgIpc) is 2.88. The molecule has 2 aliphatic heterocycles. The van der Waals surface area contributed by atoms with Crippen molar-refractivity contribution in [3.05, 3.63) is 34.9 Å². The average molecular weight is 276 g/mol. The fraction of sp³-hybridized carbons (Fsp3) is 0.647. The van der Waals surface area contributed by atoms with E-state index in [9.17, 15) is 5.11 Å². The molecule has 0 aliphatic carbocycles. The molecular weight excluding hydrogens is 252 g/mol. The number of hydrogen-bond acceptors (Lipinski definition) is 3. The summed E-state index contributed by atoms with van der Waals surface area (Å²) in [6.07, 6.45) is 2.40. The lowest BCUT2D eigenvalue weighted by Gasteiger charge is -2.39. The Morgan fingerprint density at radius 1 is 1.30 bits per heavy atom. The van der Waals surface area contributed by atoms with E-state index in [0.29, 0.717) is 6.61 Å². The van der Waals surface area contributed by atoms with Gasteiger partial charge in [-0.05, 0) is 43.7 Å². The van der Waals surface area contributed by atoms with Gasteiger partial charge in [0.15, 0.2) is 0 Å². The molecule has 1 spiro atoms. The van der Waals surface area contributed by atoms with Gasteiger partial charge in [-0.15, -0.1) is 0 Å². The quantitative estimate of drug-likeness (QED) is 0.902. The Labute approximate surface area is 120 Å². The maximum atomic E-state index is 10.8. The van der Waals surface area contributed by atoms with E-state index in [1.165, 1.54) is 11.1 Å². The zero-order valence-electron chi connectivity index (χ0n) is 12.4. The summed E-state index contributed by atoms with van der Waals surface area (Å²) in [4.78, 5) is 0. The predicted octanol–water partition coefficient (Wildman–Crippen LogP) is 2.92. The van der Waals surface area contributed by atoms with E-state index in [4.69, 9.17) is 9.47 Å². The van der Waals surface area contributed by atoms with Gasteiger partial charge >= 0.3 is 0 Å². The van der Waals surface area contributed by atoms with Crippen LogP contribution in [0.15, 0.2) is 18.2 Å². The molecule has 3 nitrogen and oxygen atoms in total. The normalized spacial score (nSPS) is 31.6. The second-order valence-corrected chi connectivity index (χ2v) is 6.39. The SMILES string of the molecule is Cc1ccc(C)c(C(O)C2CCOC3(CCOC3)C2)c1. The molecule has 20 heavy (non-hydrogen) atoms. The molecule has 110 valence electrons. The topological polar surface area (TPSA) is 38.7 Å². The molecule has 3 heteroatoms. The predicted molar refractivity (Wildman–Crippen MR) is 77.7 cm³/mol. The highest BCUT2D eigenvalue weighted by Gasteiger charge is 2.43. The minimum absolute atomic E-state index is 0.137. The fourth-order valence-corrected chi connectivity index (χ4v) is 3.53. The summed E-state index contributed by atoms with van der Waals surface area (Å²) in [5.41, 5.74) is 3.31.